The molecule has 1 aromatic carbocycles. The fourth-order valence-electron chi connectivity index (χ4n) is 2.91. The number of para-hydroxylation sites is 1. The number of benzene rings is 1. The smallest absolute Gasteiger partial charge is 0.191 e. The van der Waals surface area contributed by atoms with Crippen molar-refractivity contribution in [1.82, 2.24) is 25.4 Å². The first kappa shape index (κ1) is 25.5. The van der Waals surface area contributed by atoms with Gasteiger partial charge in [-0.15, -0.1) is 34.2 Å². The van der Waals surface area contributed by atoms with Gasteiger partial charge < -0.3 is 19.9 Å². The minimum absolute atomic E-state index is 0. The summed E-state index contributed by atoms with van der Waals surface area (Å²) < 4.78 is 7.63. The predicted octanol–water partition coefficient (Wildman–Crippen LogP) is 3.58. The molecule has 162 valence electrons. The number of aromatic nitrogens is 3. The van der Waals surface area contributed by atoms with Crippen LogP contribution >= 0.6 is 35.7 Å². The third kappa shape index (κ3) is 8.04. The third-order valence-electron chi connectivity index (χ3n) is 4.26. The van der Waals surface area contributed by atoms with Crippen molar-refractivity contribution < 1.29 is 4.74 Å². The van der Waals surface area contributed by atoms with E-state index in [0.29, 0.717) is 12.5 Å². The molecule has 0 amide bonds. The summed E-state index contributed by atoms with van der Waals surface area (Å²) in [5.41, 5.74) is 1.10. The molecule has 29 heavy (non-hydrogen) atoms. The van der Waals surface area contributed by atoms with E-state index in [4.69, 9.17) is 4.74 Å². The number of guanidine groups is 1. The van der Waals surface area contributed by atoms with Gasteiger partial charge in [0.25, 0.3) is 0 Å². The van der Waals surface area contributed by atoms with Gasteiger partial charge in [0.05, 0.1) is 7.11 Å². The van der Waals surface area contributed by atoms with Crippen LogP contribution in [0.5, 0.6) is 5.75 Å². The van der Waals surface area contributed by atoms with Crippen LogP contribution in [0.1, 0.15) is 31.7 Å². The number of ether oxygens (including phenoxy) is 1. The van der Waals surface area contributed by atoms with Crippen molar-refractivity contribution >= 4 is 41.7 Å². The molecule has 0 spiro atoms. The summed E-state index contributed by atoms with van der Waals surface area (Å²) >= 11 is 1.65. The van der Waals surface area contributed by atoms with E-state index in [0.717, 1.165) is 54.2 Å². The molecule has 1 heterocycles. The number of methoxy groups -OCH3 is 1. The molecule has 0 radical (unpaired) electrons. The van der Waals surface area contributed by atoms with Crippen LogP contribution in [0.25, 0.3) is 0 Å². The molecule has 0 aliphatic carbocycles. The van der Waals surface area contributed by atoms with Gasteiger partial charge in [-0.25, -0.2) is 0 Å². The van der Waals surface area contributed by atoms with E-state index in [9.17, 15) is 0 Å². The normalized spacial score (nSPS) is 11.3. The summed E-state index contributed by atoms with van der Waals surface area (Å²) in [6.07, 6.45) is 3.89. The topological polar surface area (TPSA) is 76.4 Å². The van der Waals surface area contributed by atoms with Crippen LogP contribution in [-0.4, -0.2) is 47.7 Å². The fourth-order valence-corrected chi connectivity index (χ4v) is 3.43. The third-order valence-corrected chi connectivity index (χ3v) is 4.92. The Morgan fingerprint density at radius 3 is 2.66 bits per heavy atom. The van der Waals surface area contributed by atoms with E-state index < -0.39 is 0 Å². The zero-order valence-corrected chi connectivity index (χ0v) is 21.1. The Kier molecular flexibility index (Phi) is 12.1. The summed E-state index contributed by atoms with van der Waals surface area (Å²) in [4.78, 5) is 4.29. The Morgan fingerprint density at radius 1 is 1.24 bits per heavy atom. The van der Waals surface area contributed by atoms with Crippen molar-refractivity contribution in [1.29, 1.82) is 0 Å². The molecule has 9 heteroatoms. The van der Waals surface area contributed by atoms with Crippen LogP contribution in [-0.2, 0) is 19.5 Å². The van der Waals surface area contributed by atoms with Gasteiger partial charge in [-0.1, -0.05) is 43.8 Å². The van der Waals surface area contributed by atoms with Crippen LogP contribution in [0.4, 0.5) is 0 Å². The van der Waals surface area contributed by atoms with Gasteiger partial charge >= 0.3 is 0 Å². The van der Waals surface area contributed by atoms with Crippen molar-refractivity contribution in [2.45, 2.75) is 44.9 Å². The van der Waals surface area contributed by atoms with Crippen LogP contribution in [0.15, 0.2) is 34.4 Å². The molecular formula is C20H33IN6OS. The van der Waals surface area contributed by atoms with E-state index in [1.54, 1.807) is 25.9 Å². The largest absolute Gasteiger partial charge is 0.496 e. The minimum atomic E-state index is 0. The highest BCUT2D eigenvalue weighted by atomic mass is 127. The number of aliphatic imine (C=N–C) groups is 1. The lowest BCUT2D eigenvalue weighted by molar-refractivity contribution is 0.409. The van der Waals surface area contributed by atoms with Crippen molar-refractivity contribution in [2.75, 3.05) is 27.0 Å². The number of rotatable bonds is 10. The second-order valence-electron chi connectivity index (χ2n) is 6.88. The number of hydrogen-bond acceptors (Lipinski definition) is 5. The molecule has 1 aromatic heterocycles. The first-order valence-corrected chi connectivity index (χ1v) is 10.8. The highest BCUT2D eigenvalue weighted by Crippen LogP contribution is 2.17. The fraction of sp³-hybridized carbons (Fsp3) is 0.550. The first-order valence-electron chi connectivity index (χ1n) is 9.61. The Balaban J connectivity index is 0.00000420. The summed E-state index contributed by atoms with van der Waals surface area (Å²) in [7, 11) is 3.47. The lowest BCUT2D eigenvalue weighted by atomic mass is 10.2. The molecule has 0 aliphatic rings. The van der Waals surface area contributed by atoms with E-state index in [1.165, 1.54) is 0 Å². The maximum absolute atomic E-state index is 5.39. The van der Waals surface area contributed by atoms with E-state index in [2.05, 4.69) is 44.2 Å². The number of aryl methyl sites for hydroxylation is 1. The molecule has 7 nitrogen and oxygen atoms in total. The summed E-state index contributed by atoms with van der Waals surface area (Å²) in [5.74, 6) is 3.27. The molecule has 2 N–H and O–H groups in total. The monoisotopic (exact) mass is 532 g/mol. The number of nitrogens with one attached hydrogen (secondary N) is 2. The van der Waals surface area contributed by atoms with Crippen molar-refractivity contribution in [3.63, 3.8) is 0 Å². The molecule has 0 aliphatic heterocycles. The zero-order valence-electron chi connectivity index (χ0n) is 17.9. The SMILES string of the molecule is CN=C(NCCCc1nnc(SC)n1CC(C)C)NCc1ccccc1OC.I. The number of halogens is 1. The summed E-state index contributed by atoms with van der Waals surface area (Å²) in [6, 6.07) is 7.98. The Hall–Kier alpha value is -1.49. The molecule has 0 atom stereocenters. The lowest BCUT2D eigenvalue weighted by Gasteiger charge is -2.14. The molecule has 0 fully saturated rings. The highest BCUT2D eigenvalue weighted by Gasteiger charge is 2.12. The van der Waals surface area contributed by atoms with Gasteiger partial charge in [-0.05, 0) is 24.7 Å². The Labute approximate surface area is 195 Å². The number of hydrogen-bond donors (Lipinski definition) is 2. The summed E-state index contributed by atoms with van der Waals surface area (Å²) in [5, 5.41) is 16.4. The number of nitrogens with zero attached hydrogens (tertiary/aromatic N) is 4. The van der Waals surface area contributed by atoms with Crippen LogP contribution < -0.4 is 15.4 Å². The van der Waals surface area contributed by atoms with Crippen molar-refractivity contribution in [3.05, 3.63) is 35.7 Å². The van der Waals surface area contributed by atoms with Crippen LogP contribution in [0.3, 0.4) is 0 Å². The molecule has 0 saturated carbocycles. The Bertz CT molecular complexity index is 765. The second kappa shape index (κ2) is 13.7. The van der Waals surface area contributed by atoms with Crippen LogP contribution in [0, 0.1) is 5.92 Å². The minimum Gasteiger partial charge on any atom is -0.496 e. The highest BCUT2D eigenvalue weighted by molar-refractivity contribution is 14.0. The maximum atomic E-state index is 5.39. The van der Waals surface area contributed by atoms with Gasteiger partial charge in [-0.2, -0.15) is 0 Å². The molecular weight excluding hydrogens is 499 g/mol. The standard InChI is InChI=1S/C20H32N6OS.HI/c1-15(2)14-26-18(24-25-20(26)28-5)11-8-12-22-19(21-3)23-13-16-9-6-7-10-17(16)27-4;/h6-7,9-10,15H,8,11-14H2,1-5H3,(H2,21,22,23);1H. The first-order chi connectivity index (χ1) is 13.6. The molecule has 0 bridgehead atoms. The average molecular weight is 532 g/mol. The van der Waals surface area contributed by atoms with Gasteiger partial charge in [0.2, 0.25) is 0 Å². The molecule has 2 rings (SSSR count). The Morgan fingerprint density at radius 2 is 2.00 bits per heavy atom. The predicted molar refractivity (Wildman–Crippen MR) is 132 cm³/mol. The molecule has 0 saturated heterocycles. The average Bonchev–Trinajstić information content (AvgIpc) is 3.08. The van der Waals surface area contributed by atoms with Gasteiger partial charge in [-0.3, -0.25) is 4.99 Å². The van der Waals surface area contributed by atoms with Gasteiger partial charge in [0.1, 0.15) is 11.6 Å². The molecule has 0 unspecified atom stereocenters. The quantitative estimate of drug-likeness (QED) is 0.160. The summed E-state index contributed by atoms with van der Waals surface area (Å²) in [6.45, 7) is 6.85. The van der Waals surface area contributed by atoms with E-state index in [1.807, 2.05) is 30.5 Å². The maximum Gasteiger partial charge on any atom is 0.191 e. The van der Waals surface area contributed by atoms with E-state index >= 15 is 0 Å². The second-order valence-corrected chi connectivity index (χ2v) is 7.65. The van der Waals surface area contributed by atoms with E-state index in [-0.39, 0.29) is 24.0 Å². The van der Waals surface area contributed by atoms with Gasteiger partial charge in [0, 0.05) is 38.7 Å². The lowest BCUT2D eigenvalue weighted by Crippen LogP contribution is -2.37. The molecule has 2 aromatic rings. The van der Waals surface area contributed by atoms with Gasteiger partial charge in [0.15, 0.2) is 11.1 Å². The van der Waals surface area contributed by atoms with Crippen molar-refractivity contribution in [3.8, 4) is 5.75 Å². The van der Waals surface area contributed by atoms with Crippen molar-refractivity contribution in [2.24, 2.45) is 10.9 Å². The zero-order chi connectivity index (χ0) is 20.4. The number of thioether (sulfide) groups is 1. The van der Waals surface area contributed by atoms with Crippen LogP contribution in [0.2, 0.25) is 0 Å².